The van der Waals surface area contributed by atoms with Crippen LogP contribution in [-0.4, -0.2) is 45.0 Å². The summed E-state index contributed by atoms with van der Waals surface area (Å²) in [7, 11) is 0. The second-order valence-corrected chi connectivity index (χ2v) is 6.40. The first kappa shape index (κ1) is 17.9. The van der Waals surface area contributed by atoms with Crippen molar-refractivity contribution >= 4 is 17.7 Å². The Balaban J connectivity index is 1.45. The maximum absolute atomic E-state index is 12.0. The van der Waals surface area contributed by atoms with Gasteiger partial charge < -0.3 is 10.1 Å². The number of hydrogen-bond donors (Lipinski definition) is 1. The van der Waals surface area contributed by atoms with Crippen molar-refractivity contribution in [1.82, 2.24) is 25.5 Å². The molecule has 0 atom stereocenters. The van der Waals surface area contributed by atoms with E-state index in [-0.39, 0.29) is 11.7 Å². The van der Waals surface area contributed by atoms with Crippen LogP contribution < -0.4 is 10.1 Å². The van der Waals surface area contributed by atoms with Gasteiger partial charge in [-0.15, -0.1) is 5.10 Å². The zero-order chi connectivity index (χ0) is 18.2. The van der Waals surface area contributed by atoms with Crippen LogP contribution in [0.1, 0.15) is 5.56 Å². The van der Waals surface area contributed by atoms with Gasteiger partial charge in [0.1, 0.15) is 12.4 Å². The third-order valence-corrected chi connectivity index (χ3v) is 4.47. The second kappa shape index (κ2) is 9.00. The van der Waals surface area contributed by atoms with E-state index in [1.54, 1.807) is 4.68 Å². The van der Waals surface area contributed by atoms with Crippen LogP contribution in [0.3, 0.4) is 0 Å². The molecule has 1 amide bonds. The highest BCUT2D eigenvalue weighted by molar-refractivity contribution is 7.99. The van der Waals surface area contributed by atoms with E-state index in [4.69, 9.17) is 4.74 Å². The van der Waals surface area contributed by atoms with Crippen LogP contribution in [-0.2, 0) is 4.79 Å². The van der Waals surface area contributed by atoms with Crippen LogP contribution in [0.4, 0.5) is 0 Å². The molecule has 0 bridgehead atoms. The number of para-hydroxylation sites is 2. The van der Waals surface area contributed by atoms with Crippen LogP contribution >= 0.6 is 11.8 Å². The quantitative estimate of drug-likeness (QED) is 0.484. The first-order valence-electron chi connectivity index (χ1n) is 8.16. The largest absolute Gasteiger partial charge is 0.492 e. The molecule has 0 saturated carbocycles. The minimum absolute atomic E-state index is 0.0917. The number of carbonyl (C=O) groups excluding carboxylic acids is 1. The number of benzene rings is 2. The molecule has 1 N–H and O–H groups in total. The van der Waals surface area contributed by atoms with Crippen LogP contribution in [0, 0.1) is 6.92 Å². The van der Waals surface area contributed by atoms with Crippen LogP contribution in [0.15, 0.2) is 59.8 Å². The van der Waals surface area contributed by atoms with Crippen molar-refractivity contribution in [2.24, 2.45) is 0 Å². The molecule has 3 aromatic rings. The molecule has 3 rings (SSSR count). The molecule has 0 unspecified atom stereocenters. The van der Waals surface area contributed by atoms with E-state index >= 15 is 0 Å². The number of aromatic nitrogens is 4. The van der Waals surface area contributed by atoms with Crippen molar-refractivity contribution in [3.63, 3.8) is 0 Å². The number of rotatable bonds is 8. The Hall–Kier alpha value is -2.87. The predicted molar refractivity (Wildman–Crippen MR) is 99.6 cm³/mol. The van der Waals surface area contributed by atoms with Gasteiger partial charge in [-0.05, 0) is 41.1 Å². The fraction of sp³-hybridized carbons (Fsp3) is 0.222. The van der Waals surface area contributed by atoms with Gasteiger partial charge in [0.05, 0.1) is 18.0 Å². The highest BCUT2D eigenvalue weighted by Crippen LogP contribution is 2.20. The molecular formula is C18H19N5O2S. The maximum atomic E-state index is 12.0. The Morgan fingerprint density at radius 1 is 1.15 bits per heavy atom. The molecule has 8 heteroatoms. The van der Waals surface area contributed by atoms with Gasteiger partial charge >= 0.3 is 0 Å². The molecule has 0 aliphatic heterocycles. The van der Waals surface area contributed by atoms with Crippen molar-refractivity contribution in [1.29, 1.82) is 0 Å². The molecule has 0 fully saturated rings. The molecule has 0 aliphatic carbocycles. The normalized spacial score (nSPS) is 10.5. The SMILES string of the molecule is Cc1ccccc1-n1nnnc1SCC(=O)NCCOc1ccccc1. The number of carbonyl (C=O) groups is 1. The van der Waals surface area contributed by atoms with Gasteiger partial charge in [-0.3, -0.25) is 4.79 Å². The van der Waals surface area contributed by atoms with Gasteiger partial charge in [0, 0.05) is 0 Å². The summed E-state index contributed by atoms with van der Waals surface area (Å²) in [5, 5.41) is 15.1. The van der Waals surface area contributed by atoms with Gasteiger partial charge in [-0.2, -0.15) is 4.68 Å². The summed E-state index contributed by atoms with van der Waals surface area (Å²) in [5.41, 5.74) is 1.96. The lowest BCUT2D eigenvalue weighted by Crippen LogP contribution is -2.29. The average molecular weight is 369 g/mol. The molecule has 2 aromatic carbocycles. The number of amides is 1. The molecule has 0 saturated heterocycles. The Kier molecular flexibility index (Phi) is 6.21. The van der Waals surface area contributed by atoms with E-state index in [1.165, 1.54) is 11.8 Å². The summed E-state index contributed by atoms with van der Waals surface area (Å²) in [4.78, 5) is 12.0. The smallest absolute Gasteiger partial charge is 0.230 e. The van der Waals surface area contributed by atoms with Crippen molar-refractivity contribution in [3.8, 4) is 11.4 Å². The molecule has 134 valence electrons. The number of ether oxygens (including phenoxy) is 1. The third kappa shape index (κ3) is 4.82. The summed E-state index contributed by atoms with van der Waals surface area (Å²) in [6.45, 7) is 2.85. The summed E-state index contributed by atoms with van der Waals surface area (Å²) in [6.07, 6.45) is 0. The van der Waals surface area contributed by atoms with Crippen molar-refractivity contribution in [2.75, 3.05) is 18.9 Å². The number of thioether (sulfide) groups is 1. The molecule has 0 radical (unpaired) electrons. The molecule has 26 heavy (non-hydrogen) atoms. The zero-order valence-corrected chi connectivity index (χ0v) is 15.1. The number of nitrogens with one attached hydrogen (secondary N) is 1. The van der Waals surface area contributed by atoms with Gasteiger partial charge in [-0.1, -0.05) is 48.2 Å². The van der Waals surface area contributed by atoms with Gasteiger partial charge in [0.25, 0.3) is 0 Å². The summed E-state index contributed by atoms with van der Waals surface area (Å²) in [6, 6.07) is 17.3. The summed E-state index contributed by atoms with van der Waals surface area (Å²) in [5.74, 6) is 0.928. The first-order chi connectivity index (χ1) is 12.7. The van der Waals surface area contributed by atoms with Crippen molar-refractivity contribution < 1.29 is 9.53 Å². The average Bonchev–Trinajstić information content (AvgIpc) is 3.13. The Bertz CT molecular complexity index is 854. The maximum Gasteiger partial charge on any atom is 0.230 e. The lowest BCUT2D eigenvalue weighted by atomic mass is 10.2. The minimum Gasteiger partial charge on any atom is -0.492 e. The fourth-order valence-electron chi connectivity index (χ4n) is 2.28. The highest BCUT2D eigenvalue weighted by Gasteiger charge is 2.12. The molecule has 1 heterocycles. The lowest BCUT2D eigenvalue weighted by Gasteiger charge is -2.08. The van der Waals surface area contributed by atoms with E-state index < -0.39 is 0 Å². The molecule has 7 nitrogen and oxygen atoms in total. The Morgan fingerprint density at radius 3 is 2.73 bits per heavy atom. The second-order valence-electron chi connectivity index (χ2n) is 5.46. The fourth-order valence-corrected chi connectivity index (χ4v) is 2.99. The van der Waals surface area contributed by atoms with Gasteiger partial charge in [0.15, 0.2) is 0 Å². The van der Waals surface area contributed by atoms with Gasteiger partial charge in [-0.25, -0.2) is 0 Å². The lowest BCUT2D eigenvalue weighted by molar-refractivity contribution is -0.118. The zero-order valence-electron chi connectivity index (χ0n) is 14.3. The van der Waals surface area contributed by atoms with E-state index in [9.17, 15) is 4.79 Å². The van der Waals surface area contributed by atoms with Crippen LogP contribution in [0.5, 0.6) is 5.75 Å². The predicted octanol–water partition coefficient (Wildman–Crippen LogP) is 2.26. The number of hydrogen-bond acceptors (Lipinski definition) is 6. The van der Waals surface area contributed by atoms with Crippen molar-refractivity contribution in [2.45, 2.75) is 12.1 Å². The van der Waals surface area contributed by atoms with E-state index in [0.717, 1.165) is 17.0 Å². The standard InChI is InChI=1S/C18H19N5O2S/c1-14-7-5-6-10-16(14)23-18(20-21-22-23)26-13-17(24)19-11-12-25-15-8-3-2-4-9-15/h2-10H,11-13H2,1H3,(H,19,24). The first-order valence-corrected chi connectivity index (χ1v) is 9.14. The van der Waals surface area contributed by atoms with Crippen molar-refractivity contribution in [3.05, 3.63) is 60.2 Å². The van der Waals surface area contributed by atoms with E-state index in [1.807, 2.05) is 61.5 Å². The Labute approximate surface area is 155 Å². The molecular weight excluding hydrogens is 350 g/mol. The van der Waals surface area contributed by atoms with E-state index in [2.05, 4.69) is 20.8 Å². The monoisotopic (exact) mass is 369 g/mol. The van der Waals surface area contributed by atoms with Gasteiger partial charge in [0.2, 0.25) is 11.1 Å². The summed E-state index contributed by atoms with van der Waals surface area (Å²) < 4.78 is 7.18. The van der Waals surface area contributed by atoms with E-state index in [0.29, 0.717) is 18.3 Å². The topological polar surface area (TPSA) is 81.9 Å². The minimum atomic E-state index is -0.0917. The third-order valence-electron chi connectivity index (χ3n) is 3.55. The Morgan fingerprint density at radius 2 is 1.92 bits per heavy atom. The summed E-state index contributed by atoms with van der Waals surface area (Å²) >= 11 is 1.29. The van der Waals surface area contributed by atoms with Crippen LogP contribution in [0.2, 0.25) is 0 Å². The molecule has 0 aliphatic rings. The number of aryl methyl sites for hydroxylation is 1. The number of nitrogens with zero attached hydrogens (tertiary/aromatic N) is 4. The molecule has 1 aromatic heterocycles. The highest BCUT2D eigenvalue weighted by atomic mass is 32.2. The molecule has 0 spiro atoms. The number of tetrazole rings is 1. The van der Waals surface area contributed by atoms with Crippen LogP contribution in [0.25, 0.3) is 5.69 Å².